The van der Waals surface area contributed by atoms with E-state index < -0.39 is 0 Å². The average Bonchev–Trinajstić information content (AvgIpc) is 2.95. The SMILES string of the molecule is CN1C(=O)c2cn(-c3ccccc3)nc2Nc2ccccc21. The van der Waals surface area contributed by atoms with Crippen LogP contribution in [0.3, 0.4) is 0 Å². The Morgan fingerprint density at radius 2 is 1.73 bits per heavy atom. The molecule has 108 valence electrons. The number of carbonyl (C=O) groups excluding carboxylic acids is 1. The van der Waals surface area contributed by atoms with Crippen molar-refractivity contribution >= 4 is 23.1 Å². The van der Waals surface area contributed by atoms with Crippen molar-refractivity contribution in [3.63, 3.8) is 0 Å². The van der Waals surface area contributed by atoms with Crippen molar-refractivity contribution in [3.05, 3.63) is 66.4 Å². The molecule has 0 radical (unpaired) electrons. The van der Waals surface area contributed by atoms with Gasteiger partial charge in [-0.2, -0.15) is 0 Å². The summed E-state index contributed by atoms with van der Waals surface area (Å²) < 4.78 is 1.72. The van der Waals surface area contributed by atoms with Crippen LogP contribution in [0.1, 0.15) is 10.4 Å². The molecule has 3 aromatic rings. The lowest BCUT2D eigenvalue weighted by Crippen LogP contribution is -2.25. The fourth-order valence-corrected chi connectivity index (χ4v) is 2.63. The predicted octanol–water partition coefficient (Wildman–Crippen LogP) is 3.21. The molecule has 0 atom stereocenters. The third-order valence-electron chi connectivity index (χ3n) is 3.79. The number of hydrogen-bond acceptors (Lipinski definition) is 3. The summed E-state index contributed by atoms with van der Waals surface area (Å²) in [6, 6.07) is 17.4. The van der Waals surface area contributed by atoms with Crippen LogP contribution in [0.2, 0.25) is 0 Å². The van der Waals surface area contributed by atoms with E-state index in [1.165, 1.54) is 0 Å². The van der Waals surface area contributed by atoms with Gasteiger partial charge in [-0.25, -0.2) is 4.68 Å². The van der Waals surface area contributed by atoms with Crippen molar-refractivity contribution in [3.8, 4) is 5.69 Å². The molecule has 5 heteroatoms. The maximum atomic E-state index is 12.7. The summed E-state index contributed by atoms with van der Waals surface area (Å²) in [5, 5.41) is 7.78. The lowest BCUT2D eigenvalue weighted by molar-refractivity contribution is 0.0994. The quantitative estimate of drug-likeness (QED) is 0.748. The van der Waals surface area contributed by atoms with Crippen LogP contribution in [0.5, 0.6) is 0 Å². The summed E-state index contributed by atoms with van der Waals surface area (Å²) in [5.41, 5.74) is 3.19. The highest BCUT2D eigenvalue weighted by molar-refractivity contribution is 6.12. The molecule has 0 fully saturated rings. The highest BCUT2D eigenvalue weighted by Crippen LogP contribution is 2.34. The van der Waals surface area contributed by atoms with Gasteiger partial charge in [0.1, 0.15) is 5.56 Å². The molecule has 2 aromatic carbocycles. The third-order valence-corrected chi connectivity index (χ3v) is 3.79. The van der Waals surface area contributed by atoms with Gasteiger partial charge in [0.05, 0.1) is 17.1 Å². The summed E-state index contributed by atoms with van der Waals surface area (Å²) in [6.07, 6.45) is 1.77. The Morgan fingerprint density at radius 1 is 1.00 bits per heavy atom. The molecule has 1 N–H and O–H groups in total. The van der Waals surface area contributed by atoms with Gasteiger partial charge in [-0.05, 0) is 24.3 Å². The largest absolute Gasteiger partial charge is 0.336 e. The normalized spacial score (nSPS) is 13.1. The number of para-hydroxylation sites is 3. The maximum Gasteiger partial charge on any atom is 0.263 e. The van der Waals surface area contributed by atoms with Gasteiger partial charge < -0.3 is 10.2 Å². The minimum Gasteiger partial charge on any atom is -0.336 e. The molecule has 22 heavy (non-hydrogen) atoms. The van der Waals surface area contributed by atoms with Gasteiger partial charge in [0.15, 0.2) is 5.82 Å². The average molecular weight is 290 g/mol. The monoisotopic (exact) mass is 290 g/mol. The van der Waals surface area contributed by atoms with Crippen molar-refractivity contribution in [1.82, 2.24) is 9.78 Å². The second-order valence-electron chi connectivity index (χ2n) is 5.18. The van der Waals surface area contributed by atoms with E-state index in [0.717, 1.165) is 17.1 Å². The van der Waals surface area contributed by atoms with E-state index in [2.05, 4.69) is 10.4 Å². The zero-order valence-electron chi connectivity index (χ0n) is 12.0. The molecule has 2 heterocycles. The van der Waals surface area contributed by atoms with Gasteiger partial charge in [0, 0.05) is 13.2 Å². The molecule has 1 aliphatic heterocycles. The van der Waals surface area contributed by atoms with Crippen molar-refractivity contribution in [2.24, 2.45) is 0 Å². The number of hydrogen-bond donors (Lipinski definition) is 1. The van der Waals surface area contributed by atoms with Crippen LogP contribution in [0, 0.1) is 0 Å². The first kappa shape index (κ1) is 12.6. The number of benzene rings is 2. The maximum absolute atomic E-state index is 12.7. The number of fused-ring (bicyclic) bond motifs is 2. The van der Waals surface area contributed by atoms with Crippen molar-refractivity contribution in [2.45, 2.75) is 0 Å². The Hall–Kier alpha value is -3.08. The first-order valence-corrected chi connectivity index (χ1v) is 7.03. The molecular weight excluding hydrogens is 276 g/mol. The summed E-state index contributed by atoms with van der Waals surface area (Å²) in [7, 11) is 1.78. The van der Waals surface area contributed by atoms with Gasteiger partial charge in [0.2, 0.25) is 0 Å². The highest BCUT2D eigenvalue weighted by Gasteiger charge is 2.26. The van der Waals surface area contributed by atoms with Crippen LogP contribution < -0.4 is 10.2 Å². The summed E-state index contributed by atoms with van der Waals surface area (Å²) in [5.74, 6) is 0.500. The lowest BCUT2D eigenvalue weighted by atomic mass is 10.2. The number of amides is 1. The van der Waals surface area contributed by atoms with E-state index in [-0.39, 0.29) is 5.91 Å². The van der Waals surface area contributed by atoms with Gasteiger partial charge in [0.25, 0.3) is 5.91 Å². The first-order chi connectivity index (χ1) is 10.7. The Labute approximate surface area is 127 Å². The smallest absolute Gasteiger partial charge is 0.263 e. The molecule has 0 saturated carbocycles. The highest BCUT2D eigenvalue weighted by atomic mass is 16.2. The Bertz CT molecular complexity index is 854. The van der Waals surface area contributed by atoms with Crippen LogP contribution >= 0.6 is 0 Å². The zero-order chi connectivity index (χ0) is 15.1. The van der Waals surface area contributed by atoms with Crippen LogP contribution in [0.25, 0.3) is 5.69 Å². The third kappa shape index (κ3) is 1.87. The van der Waals surface area contributed by atoms with Crippen LogP contribution in [-0.4, -0.2) is 22.7 Å². The van der Waals surface area contributed by atoms with Crippen molar-refractivity contribution in [1.29, 1.82) is 0 Å². The van der Waals surface area contributed by atoms with Gasteiger partial charge >= 0.3 is 0 Å². The molecule has 1 aromatic heterocycles. The van der Waals surface area contributed by atoms with Crippen LogP contribution in [0.4, 0.5) is 17.2 Å². The molecule has 0 spiro atoms. The molecular formula is C17H14N4O. The van der Waals surface area contributed by atoms with Crippen molar-refractivity contribution < 1.29 is 4.79 Å². The molecule has 1 aliphatic rings. The first-order valence-electron chi connectivity index (χ1n) is 7.03. The molecule has 0 unspecified atom stereocenters. The van der Waals surface area contributed by atoms with E-state index in [1.54, 1.807) is 22.8 Å². The summed E-state index contributed by atoms with van der Waals surface area (Å²) in [4.78, 5) is 14.3. The summed E-state index contributed by atoms with van der Waals surface area (Å²) >= 11 is 0. The number of carbonyl (C=O) groups is 1. The van der Waals surface area contributed by atoms with E-state index in [1.807, 2.05) is 54.6 Å². The second-order valence-corrected chi connectivity index (χ2v) is 5.18. The molecule has 0 bridgehead atoms. The topological polar surface area (TPSA) is 50.2 Å². The minimum atomic E-state index is -0.0744. The molecule has 0 aliphatic carbocycles. The minimum absolute atomic E-state index is 0.0744. The Balaban J connectivity index is 1.86. The van der Waals surface area contributed by atoms with E-state index in [9.17, 15) is 4.79 Å². The van der Waals surface area contributed by atoms with E-state index in [0.29, 0.717) is 11.4 Å². The Kier molecular flexibility index (Phi) is 2.72. The number of rotatable bonds is 1. The lowest BCUT2D eigenvalue weighted by Gasteiger charge is -2.16. The van der Waals surface area contributed by atoms with E-state index >= 15 is 0 Å². The number of aromatic nitrogens is 2. The number of nitrogens with one attached hydrogen (secondary N) is 1. The van der Waals surface area contributed by atoms with Gasteiger partial charge in [-0.1, -0.05) is 30.3 Å². The Morgan fingerprint density at radius 3 is 2.55 bits per heavy atom. The van der Waals surface area contributed by atoms with Crippen molar-refractivity contribution in [2.75, 3.05) is 17.3 Å². The van der Waals surface area contributed by atoms with E-state index in [4.69, 9.17) is 0 Å². The number of anilines is 3. The second kappa shape index (κ2) is 4.73. The molecule has 5 nitrogen and oxygen atoms in total. The number of nitrogens with zero attached hydrogens (tertiary/aromatic N) is 3. The zero-order valence-corrected chi connectivity index (χ0v) is 12.0. The van der Waals surface area contributed by atoms with Crippen LogP contribution in [-0.2, 0) is 0 Å². The summed E-state index contributed by atoms with van der Waals surface area (Å²) in [6.45, 7) is 0. The van der Waals surface area contributed by atoms with Gasteiger partial charge in [-0.3, -0.25) is 4.79 Å². The molecule has 1 amide bonds. The molecule has 4 rings (SSSR count). The fourth-order valence-electron chi connectivity index (χ4n) is 2.63. The predicted molar refractivity (Wildman–Crippen MR) is 86.0 cm³/mol. The fraction of sp³-hybridized carbons (Fsp3) is 0.0588. The van der Waals surface area contributed by atoms with Crippen LogP contribution in [0.15, 0.2) is 60.8 Å². The van der Waals surface area contributed by atoms with Gasteiger partial charge in [-0.15, -0.1) is 5.10 Å². The molecule has 0 saturated heterocycles. The standard InChI is InChI=1S/C17H14N4O/c1-20-15-10-6-5-9-14(15)18-16-13(17(20)22)11-21(19-16)12-7-3-2-4-8-12/h2-11H,1H3,(H,18,19).